The number of nitrogens with one attached hydrogen (secondary N) is 1. The number of ether oxygens (including phenoxy) is 1. The third-order valence-corrected chi connectivity index (χ3v) is 2.52. The van der Waals surface area contributed by atoms with Gasteiger partial charge in [0, 0.05) is 5.56 Å². The van der Waals surface area contributed by atoms with Crippen molar-refractivity contribution in [3.63, 3.8) is 0 Å². The average molecular weight is 319 g/mol. The fourth-order valence-corrected chi connectivity index (χ4v) is 1.79. The zero-order valence-electron chi connectivity index (χ0n) is 11.7. The molecule has 0 aromatic carbocycles. The number of hydrogen-bond acceptors (Lipinski definition) is 4. The summed E-state index contributed by atoms with van der Waals surface area (Å²) in [6.07, 6.45) is 0. The highest BCUT2D eigenvalue weighted by Crippen LogP contribution is 2.15. The lowest BCUT2D eigenvalue weighted by molar-refractivity contribution is -0.156. The molecule has 7 heteroatoms. The molecule has 0 bridgehead atoms. The zero-order valence-corrected chi connectivity index (χ0v) is 13.2. The number of carbonyl (C=O) groups is 2. The average Bonchev–Trinajstić information content (AvgIpc) is 2.25. The van der Waals surface area contributed by atoms with Gasteiger partial charge in [-0.15, -0.1) is 0 Å². The van der Waals surface area contributed by atoms with E-state index in [-0.39, 0.29) is 15.9 Å². The molecular weight excluding hydrogens is 303 g/mol. The zero-order chi connectivity index (χ0) is 15.5. The molecule has 0 saturated heterocycles. The number of halogens is 2. The lowest BCUT2D eigenvalue weighted by atomic mass is 10.2. The first-order valence-corrected chi connectivity index (χ1v) is 6.71. The van der Waals surface area contributed by atoms with Crippen LogP contribution in [0.2, 0.25) is 10.3 Å². The molecule has 0 unspecified atom stereocenters. The second-order valence-corrected chi connectivity index (χ2v) is 6.00. The largest absolute Gasteiger partial charge is 0.458 e. The molecule has 0 radical (unpaired) electrons. The molecule has 1 atom stereocenters. The molecule has 0 aliphatic heterocycles. The van der Waals surface area contributed by atoms with Gasteiger partial charge in [-0.1, -0.05) is 23.2 Å². The number of amides is 1. The normalized spacial score (nSPS) is 12.7. The Morgan fingerprint density at radius 2 is 1.75 bits per heavy atom. The summed E-state index contributed by atoms with van der Waals surface area (Å²) in [5.74, 6) is -0.994. The molecule has 1 N–H and O–H groups in total. The summed E-state index contributed by atoms with van der Waals surface area (Å²) in [5.41, 5.74) is -0.385. The van der Waals surface area contributed by atoms with Crippen LogP contribution in [0.4, 0.5) is 0 Å². The van der Waals surface area contributed by atoms with Crippen molar-refractivity contribution < 1.29 is 14.3 Å². The van der Waals surface area contributed by atoms with Crippen LogP contribution in [0.5, 0.6) is 0 Å². The molecule has 1 aromatic rings. The van der Waals surface area contributed by atoms with Gasteiger partial charge in [-0.25, -0.2) is 9.78 Å². The Hall–Kier alpha value is -1.33. The van der Waals surface area contributed by atoms with Crippen molar-refractivity contribution in [2.45, 2.75) is 39.3 Å². The SMILES string of the molecule is C[C@H](NC(=O)c1cc(Cl)nc(Cl)c1)C(=O)OC(C)(C)C. The van der Waals surface area contributed by atoms with Gasteiger partial charge >= 0.3 is 5.97 Å². The summed E-state index contributed by atoms with van der Waals surface area (Å²) < 4.78 is 5.17. The highest BCUT2D eigenvalue weighted by atomic mass is 35.5. The van der Waals surface area contributed by atoms with Gasteiger partial charge < -0.3 is 10.1 Å². The lowest BCUT2D eigenvalue weighted by Gasteiger charge is -2.22. The Morgan fingerprint density at radius 1 is 1.25 bits per heavy atom. The van der Waals surface area contributed by atoms with Gasteiger partial charge in [0.05, 0.1) is 0 Å². The fraction of sp³-hybridized carbons (Fsp3) is 0.462. The monoisotopic (exact) mass is 318 g/mol. The molecule has 0 aliphatic rings. The maximum Gasteiger partial charge on any atom is 0.328 e. The predicted octanol–water partition coefficient (Wildman–Crippen LogP) is 2.85. The molecule has 0 aliphatic carbocycles. The topological polar surface area (TPSA) is 68.3 Å². The fourth-order valence-electron chi connectivity index (χ4n) is 1.33. The number of esters is 1. The van der Waals surface area contributed by atoms with E-state index in [1.54, 1.807) is 20.8 Å². The summed E-state index contributed by atoms with van der Waals surface area (Å²) in [6, 6.07) is 1.95. The van der Waals surface area contributed by atoms with E-state index in [0.717, 1.165) is 0 Å². The Labute approximate surface area is 127 Å². The molecule has 1 heterocycles. The Balaban J connectivity index is 2.72. The Morgan fingerprint density at radius 3 is 2.20 bits per heavy atom. The molecule has 0 spiro atoms. The molecule has 0 saturated carbocycles. The van der Waals surface area contributed by atoms with Gasteiger partial charge in [-0.05, 0) is 39.8 Å². The van der Waals surface area contributed by atoms with Crippen LogP contribution in [0, 0.1) is 0 Å². The summed E-state index contributed by atoms with van der Waals surface area (Å²) in [4.78, 5) is 27.5. The van der Waals surface area contributed by atoms with Crippen molar-refractivity contribution in [2.24, 2.45) is 0 Å². The van der Waals surface area contributed by atoms with E-state index >= 15 is 0 Å². The minimum absolute atomic E-state index is 0.104. The maximum absolute atomic E-state index is 12.0. The number of carbonyl (C=O) groups excluding carboxylic acids is 2. The molecule has 1 amide bonds. The van der Waals surface area contributed by atoms with Gasteiger partial charge in [-0.2, -0.15) is 0 Å². The second-order valence-electron chi connectivity index (χ2n) is 5.23. The van der Waals surface area contributed by atoms with Crippen molar-refractivity contribution in [3.8, 4) is 0 Å². The van der Waals surface area contributed by atoms with Gasteiger partial charge in [0.2, 0.25) is 0 Å². The van der Waals surface area contributed by atoms with Gasteiger partial charge in [0.15, 0.2) is 0 Å². The van der Waals surface area contributed by atoms with E-state index in [1.165, 1.54) is 19.1 Å². The summed E-state index contributed by atoms with van der Waals surface area (Å²) >= 11 is 11.4. The predicted molar refractivity (Wildman–Crippen MR) is 77.0 cm³/mol. The van der Waals surface area contributed by atoms with Crippen LogP contribution in [0.15, 0.2) is 12.1 Å². The van der Waals surface area contributed by atoms with Crippen molar-refractivity contribution in [1.29, 1.82) is 0 Å². The molecule has 1 rings (SSSR count). The lowest BCUT2D eigenvalue weighted by Crippen LogP contribution is -2.42. The van der Waals surface area contributed by atoms with E-state index in [0.29, 0.717) is 0 Å². The van der Waals surface area contributed by atoms with E-state index in [9.17, 15) is 9.59 Å². The van der Waals surface area contributed by atoms with Crippen molar-refractivity contribution in [2.75, 3.05) is 0 Å². The van der Waals surface area contributed by atoms with Crippen molar-refractivity contribution >= 4 is 35.1 Å². The molecule has 1 aromatic heterocycles. The molecular formula is C13H16Cl2N2O3. The molecule has 20 heavy (non-hydrogen) atoms. The van der Waals surface area contributed by atoms with Crippen LogP contribution < -0.4 is 5.32 Å². The highest BCUT2D eigenvalue weighted by Gasteiger charge is 2.23. The van der Waals surface area contributed by atoms with Crippen LogP contribution in [-0.4, -0.2) is 28.5 Å². The quantitative estimate of drug-likeness (QED) is 0.687. The van der Waals surface area contributed by atoms with Gasteiger partial charge in [0.1, 0.15) is 21.9 Å². The van der Waals surface area contributed by atoms with E-state index in [4.69, 9.17) is 27.9 Å². The van der Waals surface area contributed by atoms with Crippen LogP contribution in [0.3, 0.4) is 0 Å². The highest BCUT2D eigenvalue weighted by molar-refractivity contribution is 6.33. The third kappa shape index (κ3) is 5.35. The standard InChI is InChI=1S/C13H16Cl2N2O3/c1-7(12(19)20-13(2,3)4)16-11(18)8-5-9(14)17-10(15)6-8/h5-7H,1-4H3,(H,16,18)/t7-/m0/s1. The first-order chi connectivity index (χ1) is 9.08. The smallest absolute Gasteiger partial charge is 0.328 e. The molecule has 110 valence electrons. The van der Waals surface area contributed by atoms with Crippen LogP contribution in [0.1, 0.15) is 38.1 Å². The Bertz CT molecular complexity index is 507. The van der Waals surface area contributed by atoms with Crippen LogP contribution in [0.25, 0.3) is 0 Å². The number of rotatable bonds is 3. The van der Waals surface area contributed by atoms with Gasteiger partial charge in [-0.3, -0.25) is 4.79 Å². The van der Waals surface area contributed by atoms with Crippen LogP contribution in [-0.2, 0) is 9.53 Å². The van der Waals surface area contributed by atoms with E-state index < -0.39 is 23.5 Å². The number of nitrogens with zero attached hydrogens (tertiary/aromatic N) is 1. The number of hydrogen-bond donors (Lipinski definition) is 1. The van der Waals surface area contributed by atoms with E-state index in [1.807, 2.05) is 0 Å². The second kappa shape index (κ2) is 6.41. The minimum Gasteiger partial charge on any atom is -0.458 e. The maximum atomic E-state index is 12.0. The molecule has 0 fully saturated rings. The first-order valence-electron chi connectivity index (χ1n) is 5.95. The van der Waals surface area contributed by atoms with Gasteiger partial charge in [0.25, 0.3) is 5.91 Å². The number of pyridine rings is 1. The minimum atomic E-state index is -0.785. The number of aromatic nitrogens is 1. The first kappa shape index (κ1) is 16.7. The van der Waals surface area contributed by atoms with Crippen molar-refractivity contribution in [1.82, 2.24) is 10.3 Å². The Kier molecular flexibility index (Phi) is 5.36. The van der Waals surface area contributed by atoms with Crippen LogP contribution >= 0.6 is 23.2 Å². The third-order valence-electron chi connectivity index (χ3n) is 2.13. The van der Waals surface area contributed by atoms with E-state index in [2.05, 4.69) is 10.3 Å². The van der Waals surface area contributed by atoms with Crippen molar-refractivity contribution in [3.05, 3.63) is 28.0 Å². The molecule has 5 nitrogen and oxygen atoms in total. The summed E-state index contributed by atoms with van der Waals surface area (Å²) in [5, 5.41) is 2.72. The summed E-state index contributed by atoms with van der Waals surface area (Å²) in [7, 11) is 0. The summed E-state index contributed by atoms with van der Waals surface area (Å²) in [6.45, 7) is 6.79.